The molecule has 1 aromatic carbocycles. The lowest BCUT2D eigenvalue weighted by molar-refractivity contribution is 0.318. The van der Waals surface area contributed by atoms with Gasteiger partial charge in [0, 0.05) is 17.5 Å². The number of rotatable bonds is 1. The van der Waals surface area contributed by atoms with Crippen LogP contribution >= 0.6 is 0 Å². The average Bonchev–Trinajstić information content (AvgIpc) is 2.58. The van der Waals surface area contributed by atoms with Crippen LogP contribution in [0.1, 0.15) is 36.0 Å². The van der Waals surface area contributed by atoms with Crippen LogP contribution in [0, 0.1) is 6.92 Å². The van der Waals surface area contributed by atoms with E-state index in [0.717, 1.165) is 29.0 Å². The third kappa shape index (κ3) is 1.39. The van der Waals surface area contributed by atoms with Crippen molar-refractivity contribution in [3.63, 3.8) is 0 Å². The van der Waals surface area contributed by atoms with Crippen molar-refractivity contribution in [3.05, 3.63) is 28.8 Å². The molecule has 0 amide bonds. The molecule has 15 heavy (non-hydrogen) atoms. The quantitative estimate of drug-likeness (QED) is 0.565. The summed E-state index contributed by atoms with van der Waals surface area (Å²) in [5.41, 5.74) is 4.14. The van der Waals surface area contributed by atoms with Gasteiger partial charge in [-0.25, -0.2) is 0 Å². The van der Waals surface area contributed by atoms with E-state index in [1.165, 1.54) is 5.56 Å². The fourth-order valence-electron chi connectivity index (χ4n) is 2.34. The second-order valence-corrected chi connectivity index (χ2v) is 4.03. The highest BCUT2D eigenvalue weighted by atomic mass is 16.5. The maximum atomic E-state index is 8.97. The highest BCUT2D eigenvalue weighted by molar-refractivity contribution is 6.06. The lowest BCUT2D eigenvalue weighted by Gasteiger charge is -2.11. The van der Waals surface area contributed by atoms with Gasteiger partial charge in [0.1, 0.15) is 5.75 Å². The molecule has 1 atom stereocenters. The Hall–Kier alpha value is -1.51. The van der Waals surface area contributed by atoms with Crippen molar-refractivity contribution in [1.82, 2.24) is 0 Å². The van der Waals surface area contributed by atoms with Gasteiger partial charge in [-0.3, -0.25) is 0 Å². The zero-order valence-electron chi connectivity index (χ0n) is 9.24. The first-order chi connectivity index (χ1) is 7.19. The summed E-state index contributed by atoms with van der Waals surface area (Å²) in [6, 6.07) is 3.98. The number of ether oxygens (including phenoxy) is 1. The first-order valence-corrected chi connectivity index (χ1v) is 5.07. The van der Waals surface area contributed by atoms with Gasteiger partial charge >= 0.3 is 0 Å². The summed E-state index contributed by atoms with van der Waals surface area (Å²) in [5.74, 6) is 1.25. The van der Waals surface area contributed by atoms with Crippen molar-refractivity contribution in [2.24, 2.45) is 5.16 Å². The molecular formula is C12H15NO2. The van der Waals surface area contributed by atoms with E-state index in [-0.39, 0.29) is 0 Å². The lowest BCUT2D eigenvalue weighted by atomic mass is 9.99. The summed E-state index contributed by atoms with van der Waals surface area (Å²) in [6.45, 7) is 4.15. The monoisotopic (exact) mass is 205 g/mol. The van der Waals surface area contributed by atoms with E-state index >= 15 is 0 Å². The molecule has 0 radical (unpaired) electrons. The molecule has 0 spiro atoms. The second kappa shape index (κ2) is 3.57. The number of fused-ring (bicyclic) bond motifs is 1. The van der Waals surface area contributed by atoms with Gasteiger partial charge in [-0.2, -0.15) is 0 Å². The zero-order valence-corrected chi connectivity index (χ0v) is 9.24. The topological polar surface area (TPSA) is 41.8 Å². The number of methoxy groups -OCH3 is 1. The number of nitrogens with zero attached hydrogens (tertiary/aromatic N) is 1. The molecule has 2 rings (SSSR count). The molecule has 80 valence electrons. The van der Waals surface area contributed by atoms with Crippen LogP contribution in [0.5, 0.6) is 5.75 Å². The molecule has 1 aliphatic carbocycles. The van der Waals surface area contributed by atoms with Crippen LogP contribution in [-0.4, -0.2) is 18.0 Å². The minimum atomic E-state index is 0.362. The van der Waals surface area contributed by atoms with E-state index in [0.29, 0.717) is 5.92 Å². The summed E-state index contributed by atoms with van der Waals surface area (Å²) >= 11 is 0. The Labute approximate surface area is 89.4 Å². The Kier molecular flexibility index (Phi) is 2.39. The van der Waals surface area contributed by atoms with Crippen molar-refractivity contribution in [3.8, 4) is 5.75 Å². The SMILES string of the molecule is COc1ccc(C)c2c1C(C)C/C2=N\O. The van der Waals surface area contributed by atoms with Crippen LogP contribution in [0.4, 0.5) is 0 Å². The fourth-order valence-corrected chi connectivity index (χ4v) is 2.34. The molecule has 1 unspecified atom stereocenters. The highest BCUT2D eigenvalue weighted by Gasteiger charge is 2.29. The van der Waals surface area contributed by atoms with Crippen molar-refractivity contribution < 1.29 is 9.94 Å². The normalized spacial score (nSPS) is 21.8. The molecule has 0 bridgehead atoms. The third-order valence-electron chi connectivity index (χ3n) is 3.04. The second-order valence-electron chi connectivity index (χ2n) is 4.03. The molecule has 0 saturated carbocycles. The molecule has 3 nitrogen and oxygen atoms in total. The van der Waals surface area contributed by atoms with E-state index in [1.54, 1.807) is 7.11 Å². The van der Waals surface area contributed by atoms with Gasteiger partial charge in [-0.1, -0.05) is 18.1 Å². The Morgan fingerprint density at radius 2 is 2.20 bits per heavy atom. The van der Waals surface area contributed by atoms with Crippen molar-refractivity contribution in [1.29, 1.82) is 0 Å². The first-order valence-electron chi connectivity index (χ1n) is 5.07. The smallest absolute Gasteiger partial charge is 0.123 e. The lowest BCUT2D eigenvalue weighted by Crippen LogP contribution is -1.99. The summed E-state index contributed by atoms with van der Waals surface area (Å²) in [6.07, 6.45) is 0.785. The van der Waals surface area contributed by atoms with Crippen LogP contribution in [0.3, 0.4) is 0 Å². The van der Waals surface area contributed by atoms with Crippen molar-refractivity contribution >= 4 is 5.71 Å². The van der Waals surface area contributed by atoms with Gasteiger partial charge in [0.15, 0.2) is 0 Å². The van der Waals surface area contributed by atoms with Crippen LogP contribution in [-0.2, 0) is 0 Å². The Morgan fingerprint density at radius 1 is 1.47 bits per heavy atom. The molecule has 3 heteroatoms. The molecule has 1 aliphatic rings. The van der Waals surface area contributed by atoms with Crippen LogP contribution < -0.4 is 4.74 Å². The highest BCUT2D eigenvalue weighted by Crippen LogP contribution is 2.40. The first kappa shape index (κ1) is 10.0. The van der Waals surface area contributed by atoms with Crippen molar-refractivity contribution in [2.45, 2.75) is 26.2 Å². The maximum absolute atomic E-state index is 8.97. The van der Waals surface area contributed by atoms with Crippen molar-refractivity contribution in [2.75, 3.05) is 7.11 Å². The minimum absolute atomic E-state index is 0.362. The fraction of sp³-hybridized carbons (Fsp3) is 0.417. The molecule has 1 N–H and O–H groups in total. The van der Waals surface area contributed by atoms with Gasteiger partial charge in [-0.15, -0.1) is 0 Å². The number of hydrogen-bond acceptors (Lipinski definition) is 3. The zero-order chi connectivity index (χ0) is 11.0. The van der Waals surface area contributed by atoms with Crippen LogP contribution in [0.2, 0.25) is 0 Å². The number of oxime groups is 1. The number of hydrogen-bond donors (Lipinski definition) is 1. The Morgan fingerprint density at radius 3 is 2.80 bits per heavy atom. The summed E-state index contributed by atoms with van der Waals surface area (Å²) in [4.78, 5) is 0. The maximum Gasteiger partial charge on any atom is 0.123 e. The summed E-state index contributed by atoms with van der Waals surface area (Å²) < 4.78 is 5.34. The molecule has 0 fully saturated rings. The predicted octanol–water partition coefficient (Wildman–Crippen LogP) is 2.69. The Balaban J connectivity index is 2.70. The van der Waals surface area contributed by atoms with Gasteiger partial charge in [0.05, 0.1) is 12.8 Å². The average molecular weight is 205 g/mol. The Bertz CT molecular complexity index is 424. The number of benzene rings is 1. The standard InChI is InChI=1S/C12H15NO2/c1-7-4-5-10(15-3)12-8(2)6-9(13-14)11(7)12/h4-5,8,14H,6H2,1-3H3/b13-9+. The van der Waals surface area contributed by atoms with E-state index in [9.17, 15) is 0 Å². The van der Waals surface area contributed by atoms with E-state index in [2.05, 4.69) is 12.1 Å². The molecule has 0 aromatic heterocycles. The number of aryl methyl sites for hydroxylation is 1. The molecule has 0 saturated heterocycles. The largest absolute Gasteiger partial charge is 0.496 e. The van der Waals surface area contributed by atoms with E-state index < -0.39 is 0 Å². The minimum Gasteiger partial charge on any atom is -0.496 e. The molecular weight excluding hydrogens is 190 g/mol. The van der Waals surface area contributed by atoms with Crippen LogP contribution in [0.25, 0.3) is 0 Å². The van der Waals surface area contributed by atoms with Gasteiger partial charge in [0.2, 0.25) is 0 Å². The molecule has 0 heterocycles. The van der Waals surface area contributed by atoms with E-state index in [1.807, 2.05) is 19.1 Å². The van der Waals surface area contributed by atoms with Gasteiger partial charge < -0.3 is 9.94 Å². The third-order valence-corrected chi connectivity index (χ3v) is 3.04. The molecule has 0 aliphatic heterocycles. The van der Waals surface area contributed by atoms with Gasteiger partial charge in [-0.05, 0) is 24.5 Å². The van der Waals surface area contributed by atoms with Crippen LogP contribution in [0.15, 0.2) is 17.3 Å². The predicted molar refractivity (Wildman–Crippen MR) is 59.1 cm³/mol. The summed E-state index contributed by atoms with van der Waals surface area (Å²) in [7, 11) is 1.67. The van der Waals surface area contributed by atoms with Gasteiger partial charge in [0.25, 0.3) is 0 Å². The molecule has 1 aromatic rings. The summed E-state index contributed by atoms with van der Waals surface area (Å²) in [5, 5.41) is 12.3. The van der Waals surface area contributed by atoms with E-state index in [4.69, 9.17) is 9.94 Å².